The van der Waals surface area contributed by atoms with E-state index in [9.17, 15) is 4.79 Å². The van der Waals surface area contributed by atoms with Gasteiger partial charge in [-0.3, -0.25) is 0 Å². The molecule has 0 radical (unpaired) electrons. The van der Waals surface area contributed by atoms with Crippen LogP contribution < -0.4 is 0 Å². The number of carbonyl (C=O) groups is 1. The first-order valence-electron chi connectivity index (χ1n) is 5.49. The van der Waals surface area contributed by atoms with E-state index in [1.54, 1.807) is 19.2 Å². The van der Waals surface area contributed by atoms with Crippen molar-refractivity contribution in [2.75, 3.05) is 6.61 Å². The normalized spacial score (nSPS) is 10.8. The third-order valence-corrected chi connectivity index (χ3v) is 2.84. The SMILES string of the molecule is CCOC(=O)c1cc2ccnc(Cl)c2n1CC. The zero-order valence-electron chi connectivity index (χ0n) is 9.74. The van der Waals surface area contributed by atoms with E-state index in [-0.39, 0.29) is 5.97 Å². The summed E-state index contributed by atoms with van der Waals surface area (Å²) in [6.45, 7) is 4.73. The maximum Gasteiger partial charge on any atom is 0.354 e. The second-order valence-corrected chi connectivity index (χ2v) is 3.89. The molecule has 2 aromatic rings. The summed E-state index contributed by atoms with van der Waals surface area (Å²) in [6.07, 6.45) is 1.62. The predicted octanol–water partition coefficient (Wildman–Crippen LogP) is 2.89. The Kier molecular flexibility index (Phi) is 3.33. The highest BCUT2D eigenvalue weighted by molar-refractivity contribution is 6.34. The fourth-order valence-electron chi connectivity index (χ4n) is 1.87. The molecule has 0 saturated heterocycles. The Morgan fingerprint density at radius 3 is 2.94 bits per heavy atom. The Morgan fingerprint density at radius 2 is 2.29 bits per heavy atom. The highest BCUT2D eigenvalue weighted by atomic mass is 35.5. The van der Waals surface area contributed by atoms with Crippen molar-refractivity contribution in [2.24, 2.45) is 0 Å². The van der Waals surface area contributed by atoms with Gasteiger partial charge in [-0.15, -0.1) is 0 Å². The van der Waals surface area contributed by atoms with Crippen LogP contribution in [0.1, 0.15) is 24.3 Å². The maximum atomic E-state index is 11.8. The third-order valence-electron chi connectivity index (χ3n) is 2.56. The Bertz CT molecular complexity index is 563. The van der Waals surface area contributed by atoms with Gasteiger partial charge in [-0.2, -0.15) is 0 Å². The van der Waals surface area contributed by atoms with E-state index in [2.05, 4.69) is 4.98 Å². The molecule has 0 aliphatic carbocycles. The molecule has 90 valence electrons. The number of carbonyl (C=O) groups excluding carboxylic acids is 1. The van der Waals surface area contributed by atoms with Crippen LogP contribution >= 0.6 is 11.6 Å². The van der Waals surface area contributed by atoms with E-state index >= 15 is 0 Å². The number of aromatic nitrogens is 2. The third kappa shape index (κ3) is 2.00. The van der Waals surface area contributed by atoms with Crippen molar-refractivity contribution in [3.63, 3.8) is 0 Å². The number of aryl methyl sites for hydroxylation is 1. The molecule has 4 nitrogen and oxygen atoms in total. The van der Waals surface area contributed by atoms with Crippen LogP contribution in [0.2, 0.25) is 5.15 Å². The molecular weight excluding hydrogens is 240 g/mol. The van der Waals surface area contributed by atoms with Crippen LogP contribution in [0.4, 0.5) is 0 Å². The van der Waals surface area contributed by atoms with Gasteiger partial charge in [-0.05, 0) is 26.0 Å². The van der Waals surface area contributed by atoms with E-state index < -0.39 is 0 Å². The fraction of sp³-hybridized carbons (Fsp3) is 0.333. The van der Waals surface area contributed by atoms with Gasteiger partial charge in [-0.25, -0.2) is 9.78 Å². The van der Waals surface area contributed by atoms with Gasteiger partial charge >= 0.3 is 5.97 Å². The average Bonchev–Trinajstić information content (AvgIpc) is 2.69. The molecule has 0 fully saturated rings. The fourth-order valence-corrected chi connectivity index (χ4v) is 2.14. The van der Waals surface area contributed by atoms with Crippen LogP contribution in [0, 0.1) is 0 Å². The minimum Gasteiger partial charge on any atom is -0.461 e. The van der Waals surface area contributed by atoms with Gasteiger partial charge in [0.15, 0.2) is 5.15 Å². The van der Waals surface area contributed by atoms with Gasteiger partial charge in [0.2, 0.25) is 0 Å². The number of nitrogens with zero attached hydrogens (tertiary/aromatic N) is 2. The molecule has 0 bridgehead atoms. The summed E-state index contributed by atoms with van der Waals surface area (Å²) in [6, 6.07) is 3.61. The van der Waals surface area contributed by atoms with Crippen molar-refractivity contribution < 1.29 is 9.53 Å². The molecule has 2 rings (SSSR count). The molecule has 0 atom stereocenters. The average molecular weight is 253 g/mol. The summed E-state index contributed by atoms with van der Waals surface area (Å²) < 4.78 is 6.84. The zero-order valence-corrected chi connectivity index (χ0v) is 10.5. The molecular formula is C12H13ClN2O2. The summed E-state index contributed by atoms with van der Waals surface area (Å²) in [4.78, 5) is 15.8. The molecule has 2 aromatic heterocycles. The van der Waals surface area contributed by atoms with Crippen LogP contribution in [0.3, 0.4) is 0 Å². The zero-order chi connectivity index (χ0) is 12.4. The minimum atomic E-state index is -0.332. The molecule has 0 aliphatic heterocycles. The van der Waals surface area contributed by atoms with E-state index in [1.165, 1.54) is 0 Å². The Hall–Kier alpha value is -1.55. The lowest BCUT2D eigenvalue weighted by Gasteiger charge is -2.07. The number of fused-ring (bicyclic) bond motifs is 1. The van der Waals surface area contributed by atoms with Crippen molar-refractivity contribution >= 4 is 28.5 Å². The van der Waals surface area contributed by atoms with Crippen molar-refractivity contribution in [1.82, 2.24) is 9.55 Å². The van der Waals surface area contributed by atoms with Gasteiger partial charge in [-0.1, -0.05) is 11.6 Å². The highest BCUT2D eigenvalue weighted by Gasteiger charge is 2.17. The van der Waals surface area contributed by atoms with E-state index in [0.717, 1.165) is 10.9 Å². The van der Waals surface area contributed by atoms with Crippen LogP contribution in [0.15, 0.2) is 18.3 Å². The number of hydrogen-bond donors (Lipinski definition) is 0. The van der Waals surface area contributed by atoms with E-state index in [1.807, 2.05) is 17.6 Å². The van der Waals surface area contributed by atoms with Crippen molar-refractivity contribution in [2.45, 2.75) is 20.4 Å². The molecule has 0 aliphatic rings. The second-order valence-electron chi connectivity index (χ2n) is 3.53. The first-order chi connectivity index (χ1) is 8.19. The summed E-state index contributed by atoms with van der Waals surface area (Å²) in [7, 11) is 0. The Balaban J connectivity index is 2.64. The van der Waals surface area contributed by atoms with Crippen molar-refractivity contribution in [1.29, 1.82) is 0 Å². The number of pyridine rings is 1. The monoisotopic (exact) mass is 252 g/mol. The molecule has 0 unspecified atom stereocenters. The maximum absolute atomic E-state index is 11.8. The summed E-state index contributed by atoms with van der Waals surface area (Å²) in [5.74, 6) is -0.332. The summed E-state index contributed by atoms with van der Waals surface area (Å²) in [5, 5.41) is 1.30. The van der Waals surface area contributed by atoms with Crippen LogP contribution in [-0.4, -0.2) is 22.1 Å². The number of ether oxygens (including phenoxy) is 1. The van der Waals surface area contributed by atoms with Crippen LogP contribution in [-0.2, 0) is 11.3 Å². The lowest BCUT2D eigenvalue weighted by Crippen LogP contribution is -2.11. The first-order valence-corrected chi connectivity index (χ1v) is 5.87. The number of halogens is 1. The molecule has 0 aromatic carbocycles. The van der Waals surface area contributed by atoms with Crippen LogP contribution in [0.5, 0.6) is 0 Å². The number of hydrogen-bond acceptors (Lipinski definition) is 3. The largest absolute Gasteiger partial charge is 0.461 e. The predicted molar refractivity (Wildman–Crippen MR) is 66.4 cm³/mol. The quantitative estimate of drug-likeness (QED) is 0.623. The summed E-state index contributed by atoms with van der Waals surface area (Å²) in [5.41, 5.74) is 1.29. The highest BCUT2D eigenvalue weighted by Crippen LogP contribution is 2.25. The van der Waals surface area contributed by atoms with Crippen molar-refractivity contribution in [3.8, 4) is 0 Å². The summed E-state index contributed by atoms with van der Waals surface area (Å²) >= 11 is 6.05. The second kappa shape index (κ2) is 4.75. The van der Waals surface area contributed by atoms with Crippen molar-refractivity contribution in [3.05, 3.63) is 29.2 Å². The topological polar surface area (TPSA) is 44.1 Å². The van der Waals surface area contributed by atoms with E-state index in [4.69, 9.17) is 16.3 Å². The number of esters is 1. The first kappa shape index (κ1) is 11.9. The Labute approximate surface area is 104 Å². The Morgan fingerprint density at radius 1 is 1.53 bits per heavy atom. The van der Waals surface area contributed by atoms with Gasteiger partial charge < -0.3 is 9.30 Å². The molecule has 0 spiro atoms. The molecule has 0 amide bonds. The smallest absolute Gasteiger partial charge is 0.354 e. The molecule has 5 heteroatoms. The minimum absolute atomic E-state index is 0.332. The molecule has 2 heterocycles. The molecule has 17 heavy (non-hydrogen) atoms. The number of rotatable bonds is 3. The molecule has 0 saturated carbocycles. The van der Waals surface area contributed by atoms with Gasteiger partial charge in [0.05, 0.1) is 12.1 Å². The molecule has 0 N–H and O–H groups in total. The van der Waals surface area contributed by atoms with Gasteiger partial charge in [0.1, 0.15) is 5.69 Å². The standard InChI is InChI=1S/C12H13ClN2O2/c1-3-15-9(12(16)17-4-2)7-8-5-6-14-11(13)10(8)15/h5-7H,3-4H2,1-2H3. The van der Waals surface area contributed by atoms with Crippen LogP contribution in [0.25, 0.3) is 10.9 Å². The lowest BCUT2D eigenvalue weighted by atomic mass is 10.3. The van der Waals surface area contributed by atoms with E-state index in [0.29, 0.717) is 24.0 Å². The lowest BCUT2D eigenvalue weighted by molar-refractivity contribution is 0.0514. The van der Waals surface area contributed by atoms with Gasteiger partial charge in [0.25, 0.3) is 0 Å². The van der Waals surface area contributed by atoms with Gasteiger partial charge in [0, 0.05) is 18.1 Å².